The standard InChI is InChI=1S/C11H7NO3S2/c13-10-9-8(12(10)11(16)17-9)5-1-2-6-7(3-5)15-4-14-6/h1-3,8-9H,4H2. The number of thiocarbonyl (C=S) groups is 1. The first-order valence-electron chi connectivity index (χ1n) is 5.19. The topological polar surface area (TPSA) is 38.8 Å². The third kappa shape index (κ3) is 1.14. The summed E-state index contributed by atoms with van der Waals surface area (Å²) < 4.78 is 11.3. The number of carbonyl (C=O) groups excluding carboxylic acids is 1. The van der Waals surface area contributed by atoms with Crippen molar-refractivity contribution in [1.82, 2.24) is 4.90 Å². The maximum absolute atomic E-state index is 11.6. The lowest BCUT2D eigenvalue weighted by Crippen LogP contribution is -2.50. The molecule has 1 aromatic rings. The summed E-state index contributed by atoms with van der Waals surface area (Å²) >= 11 is 6.62. The van der Waals surface area contributed by atoms with Gasteiger partial charge in [-0.15, -0.1) is 0 Å². The Morgan fingerprint density at radius 1 is 1.35 bits per heavy atom. The molecule has 17 heavy (non-hydrogen) atoms. The van der Waals surface area contributed by atoms with Crippen LogP contribution in [0.4, 0.5) is 0 Å². The van der Waals surface area contributed by atoms with Gasteiger partial charge >= 0.3 is 0 Å². The van der Waals surface area contributed by atoms with Crippen molar-refractivity contribution in [2.45, 2.75) is 11.3 Å². The van der Waals surface area contributed by atoms with E-state index in [0.29, 0.717) is 4.32 Å². The molecule has 4 nitrogen and oxygen atoms in total. The van der Waals surface area contributed by atoms with Crippen LogP contribution in [0.25, 0.3) is 0 Å². The van der Waals surface area contributed by atoms with E-state index in [4.69, 9.17) is 21.7 Å². The molecule has 6 heteroatoms. The van der Waals surface area contributed by atoms with Crippen molar-refractivity contribution in [3.05, 3.63) is 23.8 Å². The molecule has 3 saturated heterocycles. The number of nitrogens with zero attached hydrogens (tertiary/aromatic N) is 1. The van der Waals surface area contributed by atoms with E-state index in [0.717, 1.165) is 17.1 Å². The summed E-state index contributed by atoms with van der Waals surface area (Å²) in [7, 11) is 0. The van der Waals surface area contributed by atoms with Gasteiger partial charge in [0.1, 0.15) is 9.57 Å². The van der Waals surface area contributed by atoms with Crippen molar-refractivity contribution >= 4 is 34.2 Å². The van der Waals surface area contributed by atoms with E-state index in [9.17, 15) is 4.79 Å². The van der Waals surface area contributed by atoms with Crippen molar-refractivity contribution in [1.29, 1.82) is 0 Å². The van der Waals surface area contributed by atoms with Crippen molar-refractivity contribution in [2.75, 3.05) is 6.79 Å². The van der Waals surface area contributed by atoms with E-state index in [1.807, 2.05) is 18.2 Å². The first-order valence-corrected chi connectivity index (χ1v) is 6.48. The highest BCUT2D eigenvalue weighted by atomic mass is 32.2. The van der Waals surface area contributed by atoms with Crippen molar-refractivity contribution in [3.8, 4) is 11.5 Å². The summed E-state index contributed by atoms with van der Waals surface area (Å²) in [5, 5.41) is -0.0390. The molecule has 86 valence electrons. The van der Waals surface area contributed by atoms with Crippen molar-refractivity contribution in [3.63, 3.8) is 0 Å². The van der Waals surface area contributed by atoms with Crippen LogP contribution in [-0.2, 0) is 4.79 Å². The van der Waals surface area contributed by atoms with Gasteiger partial charge in [-0.25, -0.2) is 0 Å². The van der Waals surface area contributed by atoms with Crippen LogP contribution in [0, 0.1) is 0 Å². The predicted octanol–water partition coefficient (Wildman–Crippen LogP) is 1.70. The lowest BCUT2D eigenvalue weighted by molar-refractivity contribution is -0.136. The van der Waals surface area contributed by atoms with E-state index in [-0.39, 0.29) is 24.0 Å². The molecule has 0 aromatic heterocycles. The smallest absolute Gasteiger partial charge is 0.244 e. The average Bonchev–Trinajstić information content (AvgIpc) is 2.97. The maximum Gasteiger partial charge on any atom is 0.244 e. The third-order valence-corrected chi connectivity index (χ3v) is 4.81. The Labute approximate surface area is 107 Å². The van der Waals surface area contributed by atoms with Crippen molar-refractivity contribution < 1.29 is 14.3 Å². The average molecular weight is 265 g/mol. The molecular weight excluding hydrogens is 258 g/mol. The summed E-state index contributed by atoms with van der Waals surface area (Å²) in [6.45, 7) is 0.267. The molecule has 4 aliphatic heterocycles. The monoisotopic (exact) mass is 265 g/mol. The quantitative estimate of drug-likeness (QED) is 0.571. The predicted molar refractivity (Wildman–Crippen MR) is 66.1 cm³/mol. The number of fused-ring (bicyclic) bond motifs is 2. The summed E-state index contributed by atoms with van der Waals surface area (Å²) in [5.41, 5.74) is 1.06. The van der Waals surface area contributed by atoms with Crippen LogP contribution in [0.15, 0.2) is 18.2 Å². The zero-order chi connectivity index (χ0) is 11.6. The van der Waals surface area contributed by atoms with Gasteiger partial charge in [0.15, 0.2) is 11.5 Å². The third-order valence-electron chi connectivity index (χ3n) is 3.21. The molecule has 2 unspecified atom stereocenters. The Kier molecular flexibility index (Phi) is 1.80. The molecule has 1 aromatic carbocycles. The largest absolute Gasteiger partial charge is 0.454 e. The highest BCUT2D eigenvalue weighted by Gasteiger charge is 2.57. The van der Waals surface area contributed by atoms with Crippen LogP contribution in [-0.4, -0.2) is 27.2 Å². The number of rotatable bonds is 1. The van der Waals surface area contributed by atoms with Crippen LogP contribution in [0.3, 0.4) is 0 Å². The van der Waals surface area contributed by atoms with Crippen LogP contribution in [0.2, 0.25) is 0 Å². The number of thioether (sulfide) groups is 1. The lowest BCUT2D eigenvalue weighted by atomic mass is 9.94. The van der Waals surface area contributed by atoms with Crippen LogP contribution < -0.4 is 9.47 Å². The number of hydrogen-bond donors (Lipinski definition) is 0. The van der Waals surface area contributed by atoms with Crippen LogP contribution >= 0.6 is 24.0 Å². The van der Waals surface area contributed by atoms with E-state index < -0.39 is 0 Å². The zero-order valence-corrected chi connectivity index (χ0v) is 10.2. The molecule has 4 aliphatic rings. The lowest BCUT2D eigenvalue weighted by Gasteiger charge is -2.36. The Hall–Kier alpha value is -1.27. The SMILES string of the molecule is O=C1C2SC(=S)N1C2c1ccc2c(c1)OCO2. The van der Waals surface area contributed by atoms with Gasteiger partial charge in [0.05, 0.1) is 6.04 Å². The van der Waals surface area contributed by atoms with Gasteiger partial charge in [-0.3, -0.25) is 9.69 Å². The number of ether oxygens (including phenoxy) is 2. The van der Waals surface area contributed by atoms with E-state index >= 15 is 0 Å². The van der Waals surface area contributed by atoms with Gasteiger partial charge in [-0.05, 0) is 17.7 Å². The van der Waals surface area contributed by atoms with E-state index in [1.54, 1.807) is 4.90 Å². The normalized spacial score (nSPS) is 28.6. The molecular formula is C11H7NO3S2. The van der Waals surface area contributed by atoms with Gasteiger partial charge in [0, 0.05) is 0 Å². The number of carbonyl (C=O) groups is 1. The molecule has 4 heterocycles. The molecule has 3 fully saturated rings. The fourth-order valence-corrected chi connectivity index (χ4v) is 4.04. The Morgan fingerprint density at radius 2 is 2.18 bits per heavy atom. The fourth-order valence-electron chi connectivity index (χ4n) is 2.37. The second-order valence-electron chi connectivity index (χ2n) is 4.07. The molecule has 5 rings (SSSR count). The summed E-state index contributed by atoms with van der Waals surface area (Å²) in [5.74, 6) is 1.64. The molecule has 0 saturated carbocycles. The first-order chi connectivity index (χ1) is 8.25. The second-order valence-corrected chi connectivity index (χ2v) is 5.85. The van der Waals surface area contributed by atoms with Gasteiger partial charge in [-0.1, -0.05) is 30.0 Å². The second kappa shape index (κ2) is 3.14. The van der Waals surface area contributed by atoms with Gasteiger partial charge in [-0.2, -0.15) is 0 Å². The van der Waals surface area contributed by atoms with Crippen LogP contribution in [0.1, 0.15) is 11.6 Å². The highest BCUT2D eigenvalue weighted by molar-refractivity contribution is 8.24. The first kappa shape index (κ1) is 9.73. The molecule has 1 amide bonds. The Morgan fingerprint density at radius 3 is 2.88 bits per heavy atom. The highest BCUT2D eigenvalue weighted by Crippen LogP contribution is 2.52. The fraction of sp³-hybridized carbons (Fsp3) is 0.273. The van der Waals surface area contributed by atoms with E-state index in [1.165, 1.54) is 11.8 Å². The van der Waals surface area contributed by atoms with Gasteiger partial charge in [0.25, 0.3) is 0 Å². The molecule has 2 atom stereocenters. The van der Waals surface area contributed by atoms with Gasteiger partial charge < -0.3 is 9.47 Å². The number of benzene rings is 1. The minimum Gasteiger partial charge on any atom is -0.454 e. The maximum atomic E-state index is 11.6. The molecule has 0 aliphatic carbocycles. The summed E-state index contributed by atoms with van der Waals surface area (Å²) in [6, 6.07) is 5.87. The number of amides is 1. The molecule has 2 bridgehead atoms. The Bertz CT molecular complexity index is 552. The number of β-lactam (4-membered cyclic amide) rings is 1. The Balaban J connectivity index is 1.73. The van der Waals surface area contributed by atoms with E-state index in [2.05, 4.69) is 0 Å². The molecule has 0 radical (unpaired) electrons. The van der Waals surface area contributed by atoms with Crippen molar-refractivity contribution in [2.24, 2.45) is 0 Å². The summed E-state index contributed by atoms with van der Waals surface area (Å²) in [6.07, 6.45) is 0. The summed E-state index contributed by atoms with van der Waals surface area (Å²) in [4.78, 5) is 13.3. The minimum absolute atomic E-state index is 0.0390. The molecule has 0 spiro atoms. The minimum atomic E-state index is -0.0390. The van der Waals surface area contributed by atoms with Gasteiger partial charge in [0.2, 0.25) is 12.7 Å². The molecule has 0 N–H and O–H groups in total. The number of hydrogen-bond acceptors (Lipinski definition) is 5. The van der Waals surface area contributed by atoms with Crippen LogP contribution in [0.5, 0.6) is 11.5 Å². The zero-order valence-electron chi connectivity index (χ0n) is 8.58.